The lowest BCUT2D eigenvalue weighted by atomic mass is 10.2. The second-order valence-corrected chi connectivity index (χ2v) is 8.78. The third kappa shape index (κ3) is 3.91. The van der Waals surface area contributed by atoms with Crippen molar-refractivity contribution in [2.24, 2.45) is 0 Å². The predicted octanol–water partition coefficient (Wildman–Crippen LogP) is 0.281. The van der Waals surface area contributed by atoms with Crippen LogP contribution in [0.2, 0.25) is 0 Å². The molecule has 1 saturated heterocycles. The summed E-state index contributed by atoms with van der Waals surface area (Å²) in [5, 5.41) is 9.08. The zero-order chi connectivity index (χ0) is 14.0. The number of aliphatic hydroxyl groups excluding tert-OH is 1. The van der Waals surface area contributed by atoms with Crippen molar-refractivity contribution in [2.75, 3.05) is 32.1 Å². The molecule has 0 aromatic carbocycles. The van der Waals surface area contributed by atoms with Gasteiger partial charge >= 0.3 is 0 Å². The fraction of sp³-hybridized carbons (Fsp3) is 1.00. The second kappa shape index (κ2) is 5.86. The van der Waals surface area contributed by atoms with Crippen LogP contribution < -0.4 is 0 Å². The van der Waals surface area contributed by atoms with Crippen LogP contribution in [0.15, 0.2) is 0 Å². The highest BCUT2D eigenvalue weighted by Gasteiger charge is 2.31. The van der Waals surface area contributed by atoms with E-state index in [0.29, 0.717) is 19.7 Å². The van der Waals surface area contributed by atoms with Crippen LogP contribution in [-0.2, 0) is 14.6 Å². The van der Waals surface area contributed by atoms with Crippen molar-refractivity contribution in [1.82, 2.24) is 4.90 Å². The number of hydrogen-bond donors (Lipinski definition) is 1. The third-order valence-electron chi connectivity index (χ3n) is 3.42. The molecular formula is C12H25NO4S. The highest BCUT2D eigenvalue weighted by atomic mass is 32.2. The number of rotatable bonds is 4. The molecule has 108 valence electrons. The molecular weight excluding hydrogens is 254 g/mol. The van der Waals surface area contributed by atoms with E-state index in [9.17, 15) is 8.42 Å². The molecule has 0 aromatic heterocycles. The first-order chi connectivity index (χ1) is 8.17. The van der Waals surface area contributed by atoms with E-state index in [1.54, 1.807) is 20.8 Å². The minimum Gasteiger partial charge on any atom is -0.394 e. The summed E-state index contributed by atoms with van der Waals surface area (Å²) in [6, 6.07) is 0.197. The zero-order valence-electron chi connectivity index (χ0n) is 11.7. The van der Waals surface area contributed by atoms with Crippen molar-refractivity contribution < 1.29 is 18.3 Å². The Balaban J connectivity index is 2.57. The molecule has 18 heavy (non-hydrogen) atoms. The van der Waals surface area contributed by atoms with Crippen molar-refractivity contribution in [3.8, 4) is 0 Å². The molecule has 0 spiro atoms. The Kier molecular flexibility index (Phi) is 5.17. The van der Waals surface area contributed by atoms with Crippen LogP contribution in [0.3, 0.4) is 0 Å². The molecule has 1 N–H and O–H groups in total. The number of nitrogens with zero attached hydrogens (tertiary/aromatic N) is 1. The van der Waals surface area contributed by atoms with Gasteiger partial charge in [0.05, 0.1) is 29.8 Å². The van der Waals surface area contributed by atoms with Crippen LogP contribution in [0, 0.1) is 0 Å². The molecule has 0 saturated carbocycles. The van der Waals surface area contributed by atoms with Gasteiger partial charge in [0.1, 0.15) is 0 Å². The van der Waals surface area contributed by atoms with E-state index in [1.165, 1.54) is 0 Å². The van der Waals surface area contributed by atoms with Crippen LogP contribution in [0.5, 0.6) is 0 Å². The quantitative estimate of drug-likeness (QED) is 0.801. The van der Waals surface area contributed by atoms with Gasteiger partial charge in [-0.25, -0.2) is 8.42 Å². The molecule has 2 atom stereocenters. The van der Waals surface area contributed by atoms with Gasteiger partial charge in [0.2, 0.25) is 0 Å². The SMILES string of the molecule is CC1COC(CO)CN1CCS(=O)(=O)C(C)(C)C. The fourth-order valence-electron chi connectivity index (χ4n) is 1.84. The van der Waals surface area contributed by atoms with Gasteiger partial charge in [0.25, 0.3) is 0 Å². The fourth-order valence-corrected chi connectivity index (χ4v) is 2.93. The van der Waals surface area contributed by atoms with E-state index in [0.717, 1.165) is 0 Å². The van der Waals surface area contributed by atoms with Gasteiger partial charge in [-0.15, -0.1) is 0 Å². The third-order valence-corrected chi connectivity index (χ3v) is 6.00. The second-order valence-electron chi connectivity index (χ2n) is 5.91. The van der Waals surface area contributed by atoms with Crippen molar-refractivity contribution in [2.45, 2.75) is 44.6 Å². The topological polar surface area (TPSA) is 66.8 Å². The molecule has 5 nitrogen and oxygen atoms in total. The standard InChI is InChI=1S/C12H25NO4S/c1-10-9-17-11(8-14)7-13(10)5-6-18(15,16)12(2,3)4/h10-11,14H,5-9H2,1-4H3. The molecule has 1 aliphatic rings. The lowest BCUT2D eigenvalue weighted by Gasteiger charge is -2.37. The van der Waals surface area contributed by atoms with E-state index >= 15 is 0 Å². The normalized spacial score (nSPS) is 27.4. The number of sulfone groups is 1. The molecule has 0 amide bonds. The van der Waals surface area contributed by atoms with Gasteiger partial charge in [0, 0.05) is 19.1 Å². The molecule has 0 bridgehead atoms. The molecule has 0 aromatic rings. The van der Waals surface area contributed by atoms with Crippen LogP contribution in [0.1, 0.15) is 27.7 Å². The monoisotopic (exact) mass is 279 g/mol. The Labute approximate surface area is 110 Å². The minimum absolute atomic E-state index is 0.0186. The van der Waals surface area contributed by atoms with Gasteiger partial charge < -0.3 is 9.84 Å². The maximum Gasteiger partial charge on any atom is 0.156 e. The number of ether oxygens (including phenoxy) is 1. The molecule has 0 radical (unpaired) electrons. The molecule has 6 heteroatoms. The van der Waals surface area contributed by atoms with Gasteiger partial charge in [-0.3, -0.25) is 4.90 Å². The summed E-state index contributed by atoms with van der Waals surface area (Å²) in [5.41, 5.74) is 0. The highest BCUT2D eigenvalue weighted by molar-refractivity contribution is 7.92. The van der Waals surface area contributed by atoms with E-state index in [1.807, 2.05) is 6.92 Å². The van der Waals surface area contributed by atoms with Gasteiger partial charge in [-0.2, -0.15) is 0 Å². The molecule has 1 fully saturated rings. The van der Waals surface area contributed by atoms with Crippen molar-refractivity contribution in [3.63, 3.8) is 0 Å². The minimum atomic E-state index is -3.09. The van der Waals surface area contributed by atoms with Gasteiger partial charge in [-0.1, -0.05) is 0 Å². The van der Waals surface area contributed by atoms with Crippen molar-refractivity contribution in [3.05, 3.63) is 0 Å². The lowest BCUT2D eigenvalue weighted by molar-refractivity contribution is -0.0758. The first-order valence-corrected chi connectivity index (χ1v) is 8.01. The Morgan fingerprint density at radius 2 is 2.00 bits per heavy atom. The summed E-state index contributed by atoms with van der Waals surface area (Å²) < 4.78 is 28.8. The first-order valence-electron chi connectivity index (χ1n) is 6.36. The largest absolute Gasteiger partial charge is 0.394 e. The van der Waals surface area contributed by atoms with Crippen molar-refractivity contribution in [1.29, 1.82) is 0 Å². The maximum absolute atomic E-state index is 12.0. The van der Waals surface area contributed by atoms with Crippen LogP contribution >= 0.6 is 0 Å². The highest BCUT2D eigenvalue weighted by Crippen LogP contribution is 2.18. The molecule has 1 rings (SSSR count). The van der Waals surface area contributed by atoms with E-state index in [4.69, 9.17) is 9.84 Å². The summed E-state index contributed by atoms with van der Waals surface area (Å²) in [5.74, 6) is 0.152. The van der Waals surface area contributed by atoms with Crippen molar-refractivity contribution >= 4 is 9.84 Å². The number of aliphatic hydroxyl groups is 1. The average Bonchev–Trinajstić information content (AvgIpc) is 2.26. The van der Waals surface area contributed by atoms with Gasteiger partial charge in [0.15, 0.2) is 9.84 Å². The Bertz CT molecular complexity index is 361. The van der Waals surface area contributed by atoms with Crippen LogP contribution in [0.25, 0.3) is 0 Å². The molecule has 1 aliphatic heterocycles. The number of hydrogen-bond acceptors (Lipinski definition) is 5. The Morgan fingerprint density at radius 3 is 2.50 bits per heavy atom. The zero-order valence-corrected chi connectivity index (χ0v) is 12.5. The lowest BCUT2D eigenvalue weighted by Crippen LogP contribution is -2.51. The Hall–Kier alpha value is -0.170. The first kappa shape index (κ1) is 15.9. The molecule has 0 aliphatic carbocycles. The number of morpholine rings is 1. The smallest absolute Gasteiger partial charge is 0.156 e. The molecule has 1 heterocycles. The summed E-state index contributed by atoms with van der Waals surface area (Å²) in [4.78, 5) is 2.08. The summed E-state index contributed by atoms with van der Waals surface area (Å²) in [6.07, 6.45) is -0.196. The van der Waals surface area contributed by atoms with Crippen LogP contribution in [-0.4, -0.2) is 67.4 Å². The van der Waals surface area contributed by atoms with E-state index in [-0.39, 0.29) is 24.5 Å². The summed E-state index contributed by atoms with van der Waals surface area (Å²) in [6.45, 7) is 8.80. The molecule has 2 unspecified atom stereocenters. The van der Waals surface area contributed by atoms with Crippen LogP contribution in [0.4, 0.5) is 0 Å². The average molecular weight is 279 g/mol. The predicted molar refractivity (Wildman–Crippen MR) is 71.4 cm³/mol. The summed E-state index contributed by atoms with van der Waals surface area (Å²) >= 11 is 0. The van der Waals surface area contributed by atoms with E-state index in [2.05, 4.69) is 4.90 Å². The maximum atomic E-state index is 12.0. The summed E-state index contributed by atoms with van der Waals surface area (Å²) in [7, 11) is -3.09. The van der Waals surface area contributed by atoms with Gasteiger partial charge in [-0.05, 0) is 27.7 Å². The Morgan fingerprint density at radius 1 is 1.39 bits per heavy atom. The van der Waals surface area contributed by atoms with E-state index < -0.39 is 14.6 Å².